The summed E-state index contributed by atoms with van der Waals surface area (Å²) in [7, 11) is 0. The Morgan fingerprint density at radius 3 is 2.42 bits per heavy atom. The minimum atomic E-state index is 0.692. The molecular formula is C24H35NO. The summed E-state index contributed by atoms with van der Waals surface area (Å²) < 4.78 is 5.80. The zero-order valence-corrected chi connectivity index (χ0v) is 16.5. The van der Waals surface area contributed by atoms with Crippen LogP contribution in [0.4, 0.5) is 0 Å². The largest absolute Gasteiger partial charge is 0.381 e. The third-order valence-electron chi connectivity index (χ3n) is 5.65. The van der Waals surface area contributed by atoms with Crippen molar-refractivity contribution in [2.45, 2.75) is 77.0 Å². The van der Waals surface area contributed by atoms with Crippen molar-refractivity contribution in [1.82, 2.24) is 0 Å². The summed E-state index contributed by atoms with van der Waals surface area (Å²) in [6, 6.07) is 10.4. The molecule has 2 nitrogen and oxygen atoms in total. The lowest BCUT2D eigenvalue weighted by Gasteiger charge is -2.28. The number of rotatable bonds is 11. The number of hydrogen-bond donors (Lipinski definition) is 0. The molecule has 0 saturated heterocycles. The molecule has 0 atom stereocenters. The van der Waals surface area contributed by atoms with E-state index in [0.717, 1.165) is 24.7 Å². The lowest BCUT2D eigenvalue weighted by molar-refractivity contribution is 0.120. The number of ether oxygens (including phenoxy) is 1. The SMILES string of the molecule is CC=CCCCCCOCCCC1CCC(c2ccc(C#N)cc2)CC1. The first-order chi connectivity index (χ1) is 12.8. The van der Waals surface area contributed by atoms with Gasteiger partial charge in [0.2, 0.25) is 0 Å². The third kappa shape index (κ3) is 7.75. The van der Waals surface area contributed by atoms with Gasteiger partial charge in [0, 0.05) is 13.2 Å². The molecule has 0 radical (unpaired) electrons. The molecule has 1 fully saturated rings. The van der Waals surface area contributed by atoms with Gasteiger partial charge in [0.1, 0.15) is 0 Å². The maximum Gasteiger partial charge on any atom is 0.0991 e. The fourth-order valence-corrected chi connectivity index (χ4v) is 4.00. The van der Waals surface area contributed by atoms with Gasteiger partial charge >= 0.3 is 0 Å². The second-order valence-electron chi connectivity index (χ2n) is 7.62. The van der Waals surface area contributed by atoms with E-state index in [1.54, 1.807) is 0 Å². The molecule has 0 aromatic heterocycles. The average Bonchev–Trinajstić information content (AvgIpc) is 2.70. The molecule has 2 rings (SSSR count). The first-order valence-electron chi connectivity index (χ1n) is 10.5. The monoisotopic (exact) mass is 353 g/mol. The van der Waals surface area contributed by atoms with E-state index in [9.17, 15) is 0 Å². The second-order valence-corrected chi connectivity index (χ2v) is 7.62. The van der Waals surface area contributed by atoms with Crippen molar-refractivity contribution in [3.8, 4) is 6.07 Å². The smallest absolute Gasteiger partial charge is 0.0991 e. The Balaban J connectivity index is 1.49. The van der Waals surface area contributed by atoms with Gasteiger partial charge < -0.3 is 4.74 Å². The summed E-state index contributed by atoms with van der Waals surface area (Å²) in [6.45, 7) is 3.95. The molecule has 0 unspecified atom stereocenters. The zero-order chi connectivity index (χ0) is 18.5. The highest BCUT2D eigenvalue weighted by Crippen LogP contribution is 2.37. The Kier molecular flexibility index (Phi) is 10.1. The quantitative estimate of drug-likeness (QED) is 0.325. The first-order valence-corrected chi connectivity index (χ1v) is 10.5. The Labute approximate surface area is 160 Å². The van der Waals surface area contributed by atoms with Crippen LogP contribution in [0.15, 0.2) is 36.4 Å². The molecule has 0 bridgehead atoms. The number of benzene rings is 1. The first kappa shape index (κ1) is 20.7. The van der Waals surface area contributed by atoms with E-state index in [2.05, 4.69) is 37.3 Å². The van der Waals surface area contributed by atoms with Crippen molar-refractivity contribution in [3.63, 3.8) is 0 Å². The second kappa shape index (κ2) is 12.7. The molecule has 0 spiro atoms. The van der Waals surface area contributed by atoms with E-state index in [0.29, 0.717) is 5.92 Å². The Morgan fingerprint density at radius 2 is 1.73 bits per heavy atom. The van der Waals surface area contributed by atoms with Crippen molar-refractivity contribution in [2.75, 3.05) is 13.2 Å². The molecule has 0 amide bonds. The van der Waals surface area contributed by atoms with Crippen LogP contribution in [0.5, 0.6) is 0 Å². The van der Waals surface area contributed by atoms with Gasteiger partial charge in [-0.25, -0.2) is 0 Å². The van der Waals surface area contributed by atoms with Crippen LogP contribution in [0.2, 0.25) is 0 Å². The van der Waals surface area contributed by atoms with E-state index in [1.807, 2.05) is 12.1 Å². The van der Waals surface area contributed by atoms with Gasteiger partial charge in [-0.1, -0.05) is 30.7 Å². The molecule has 1 aliphatic carbocycles. The molecule has 1 saturated carbocycles. The molecule has 1 aromatic rings. The lowest BCUT2D eigenvalue weighted by atomic mass is 9.77. The summed E-state index contributed by atoms with van der Waals surface area (Å²) in [5.41, 5.74) is 2.18. The molecule has 1 aromatic carbocycles. The number of nitrogens with zero attached hydrogens (tertiary/aromatic N) is 1. The van der Waals surface area contributed by atoms with Crippen LogP contribution in [0, 0.1) is 17.2 Å². The molecule has 0 heterocycles. The Bertz CT molecular complexity index is 547. The van der Waals surface area contributed by atoms with Crippen LogP contribution in [-0.2, 0) is 4.74 Å². The minimum Gasteiger partial charge on any atom is -0.381 e. The van der Waals surface area contributed by atoms with Gasteiger partial charge in [0.05, 0.1) is 11.6 Å². The predicted molar refractivity (Wildman–Crippen MR) is 109 cm³/mol. The zero-order valence-electron chi connectivity index (χ0n) is 16.5. The van der Waals surface area contributed by atoms with Gasteiger partial charge in [0.15, 0.2) is 0 Å². The van der Waals surface area contributed by atoms with Crippen molar-refractivity contribution in [1.29, 1.82) is 5.26 Å². The third-order valence-corrected chi connectivity index (χ3v) is 5.65. The summed E-state index contributed by atoms with van der Waals surface area (Å²) >= 11 is 0. The Hall–Kier alpha value is -1.59. The lowest BCUT2D eigenvalue weighted by Crippen LogP contribution is -2.14. The van der Waals surface area contributed by atoms with Crippen LogP contribution in [0.25, 0.3) is 0 Å². The number of allylic oxidation sites excluding steroid dienone is 2. The predicted octanol–water partition coefficient (Wildman–Crippen LogP) is 6.77. The van der Waals surface area contributed by atoms with E-state index in [4.69, 9.17) is 10.00 Å². The molecular weight excluding hydrogens is 318 g/mol. The number of unbranched alkanes of at least 4 members (excludes halogenated alkanes) is 3. The highest BCUT2D eigenvalue weighted by atomic mass is 16.5. The molecule has 2 heteroatoms. The summed E-state index contributed by atoms with van der Waals surface area (Å²) in [5, 5.41) is 8.91. The molecule has 0 N–H and O–H groups in total. The van der Waals surface area contributed by atoms with Gasteiger partial charge in [-0.05, 0) is 94.2 Å². The summed E-state index contributed by atoms with van der Waals surface area (Å²) in [5.74, 6) is 1.58. The average molecular weight is 354 g/mol. The fourth-order valence-electron chi connectivity index (χ4n) is 4.00. The number of hydrogen-bond acceptors (Lipinski definition) is 2. The Morgan fingerprint density at radius 1 is 1.00 bits per heavy atom. The maximum absolute atomic E-state index is 8.91. The van der Waals surface area contributed by atoms with Crippen LogP contribution >= 0.6 is 0 Å². The summed E-state index contributed by atoms with van der Waals surface area (Å²) in [6.07, 6.45) is 17.2. The van der Waals surface area contributed by atoms with Gasteiger partial charge in [-0.15, -0.1) is 0 Å². The number of nitriles is 1. The van der Waals surface area contributed by atoms with Crippen LogP contribution in [-0.4, -0.2) is 13.2 Å². The van der Waals surface area contributed by atoms with Gasteiger partial charge in [-0.2, -0.15) is 5.26 Å². The summed E-state index contributed by atoms with van der Waals surface area (Å²) in [4.78, 5) is 0. The van der Waals surface area contributed by atoms with Crippen molar-refractivity contribution in [2.24, 2.45) is 5.92 Å². The van der Waals surface area contributed by atoms with Crippen molar-refractivity contribution >= 4 is 0 Å². The minimum absolute atomic E-state index is 0.692. The maximum atomic E-state index is 8.91. The highest BCUT2D eigenvalue weighted by Gasteiger charge is 2.21. The van der Waals surface area contributed by atoms with E-state index < -0.39 is 0 Å². The van der Waals surface area contributed by atoms with Crippen molar-refractivity contribution < 1.29 is 4.74 Å². The van der Waals surface area contributed by atoms with E-state index in [-0.39, 0.29) is 0 Å². The van der Waals surface area contributed by atoms with Crippen LogP contribution in [0.3, 0.4) is 0 Å². The molecule has 142 valence electrons. The van der Waals surface area contributed by atoms with Gasteiger partial charge in [-0.3, -0.25) is 0 Å². The van der Waals surface area contributed by atoms with E-state index in [1.165, 1.54) is 69.8 Å². The standard InChI is InChI=1S/C24H35NO/c1-2-3-4-5-6-7-18-26-19-8-9-21-10-14-23(15-11-21)24-16-12-22(20-25)13-17-24/h2-3,12-13,16-17,21,23H,4-11,14-15,18-19H2,1H3. The molecule has 0 aliphatic heterocycles. The molecule has 1 aliphatic rings. The van der Waals surface area contributed by atoms with Crippen LogP contribution < -0.4 is 0 Å². The van der Waals surface area contributed by atoms with Crippen LogP contribution in [0.1, 0.15) is 88.2 Å². The topological polar surface area (TPSA) is 33.0 Å². The normalized spacial score (nSPS) is 20.3. The fraction of sp³-hybridized carbons (Fsp3) is 0.625. The van der Waals surface area contributed by atoms with E-state index >= 15 is 0 Å². The van der Waals surface area contributed by atoms with Gasteiger partial charge in [0.25, 0.3) is 0 Å². The van der Waals surface area contributed by atoms with Crippen molar-refractivity contribution in [3.05, 3.63) is 47.5 Å². The molecule has 26 heavy (non-hydrogen) atoms. The highest BCUT2D eigenvalue weighted by molar-refractivity contribution is 5.33.